The summed E-state index contributed by atoms with van der Waals surface area (Å²) >= 11 is 3.34. The number of ether oxygens (including phenoxy) is 1. The number of benzene rings is 3. The summed E-state index contributed by atoms with van der Waals surface area (Å²) in [4.78, 5) is 39.3. The molecule has 0 unspecified atom stereocenters. The summed E-state index contributed by atoms with van der Waals surface area (Å²) in [6.45, 7) is 1.02. The molecule has 1 saturated heterocycles. The van der Waals surface area contributed by atoms with E-state index >= 15 is 0 Å². The maximum absolute atomic E-state index is 13.2. The van der Waals surface area contributed by atoms with Gasteiger partial charge in [-0.15, -0.1) is 0 Å². The lowest BCUT2D eigenvalue weighted by atomic mass is 10.1. The first-order valence-electron chi connectivity index (χ1n) is 10.9. The molecule has 4 amide bonds. The van der Waals surface area contributed by atoms with E-state index in [2.05, 4.69) is 21.2 Å². The third-order valence-electron chi connectivity index (χ3n) is 5.65. The molecule has 4 aromatic rings. The zero-order chi connectivity index (χ0) is 24.4. The number of anilines is 1. The number of nitrogens with zero attached hydrogens (tertiary/aromatic N) is 2. The van der Waals surface area contributed by atoms with E-state index in [-0.39, 0.29) is 5.57 Å². The van der Waals surface area contributed by atoms with Gasteiger partial charge in [0.15, 0.2) is 0 Å². The fourth-order valence-corrected chi connectivity index (χ4v) is 4.26. The highest BCUT2D eigenvalue weighted by Crippen LogP contribution is 2.27. The van der Waals surface area contributed by atoms with Crippen LogP contribution in [0.3, 0.4) is 0 Å². The number of carbonyl (C=O) groups excluding carboxylic acids is 3. The molecule has 174 valence electrons. The second-order valence-corrected chi connectivity index (χ2v) is 8.81. The number of imide groups is 2. The molecule has 5 rings (SSSR count). The summed E-state index contributed by atoms with van der Waals surface area (Å²) in [5.74, 6) is -0.614. The number of halogens is 1. The summed E-state index contributed by atoms with van der Waals surface area (Å²) in [5.41, 5.74) is 1.90. The fourth-order valence-electron chi connectivity index (χ4n) is 3.99. The normalized spacial score (nSPS) is 15.1. The minimum atomic E-state index is -0.778. The third-order valence-corrected chi connectivity index (χ3v) is 6.18. The number of hydrogen-bond donors (Lipinski definition) is 1. The molecule has 1 aliphatic heterocycles. The van der Waals surface area contributed by atoms with Crippen LogP contribution in [0, 0.1) is 0 Å². The number of nitrogens with one attached hydrogen (secondary N) is 1. The van der Waals surface area contributed by atoms with Crippen LogP contribution in [-0.2, 0) is 16.1 Å². The van der Waals surface area contributed by atoms with Crippen molar-refractivity contribution in [3.8, 4) is 5.75 Å². The Morgan fingerprint density at radius 1 is 0.886 bits per heavy atom. The molecule has 0 radical (unpaired) electrons. The monoisotopic (exact) mass is 529 g/mol. The van der Waals surface area contributed by atoms with Gasteiger partial charge in [0.1, 0.15) is 17.9 Å². The lowest BCUT2D eigenvalue weighted by molar-refractivity contribution is -0.122. The van der Waals surface area contributed by atoms with Gasteiger partial charge < -0.3 is 9.30 Å². The van der Waals surface area contributed by atoms with Gasteiger partial charge >= 0.3 is 6.03 Å². The number of aromatic nitrogens is 1. The molecule has 1 aromatic heterocycles. The molecular formula is C27H20BrN3O4. The molecule has 0 saturated carbocycles. The van der Waals surface area contributed by atoms with Crippen molar-refractivity contribution in [1.29, 1.82) is 0 Å². The average Bonchev–Trinajstić information content (AvgIpc) is 3.21. The molecule has 3 aromatic carbocycles. The number of rotatable bonds is 6. The Hall–Kier alpha value is -4.17. The summed E-state index contributed by atoms with van der Waals surface area (Å²) in [7, 11) is 0. The Kier molecular flexibility index (Phi) is 6.20. The smallest absolute Gasteiger partial charge is 0.335 e. The third kappa shape index (κ3) is 4.61. The van der Waals surface area contributed by atoms with Crippen molar-refractivity contribution in [2.45, 2.75) is 6.54 Å². The van der Waals surface area contributed by atoms with Gasteiger partial charge in [0, 0.05) is 27.1 Å². The van der Waals surface area contributed by atoms with Crippen LogP contribution in [0.25, 0.3) is 17.0 Å². The van der Waals surface area contributed by atoms with Crippen LogP contribution in [0.5, 0.6) is 5.75 Å². The van der Waals surface area contributed by atoms with Gasteiger partial charge in [0.25, 0.3) is 11.8 Å². The molecular weight excluding hydrogens is 510 g/mol. The van der Waals surface area contributed by atoms with Crippen LogP contribution in [0.1, 0.15) is 5.56 Å². The number of fused-ring (bicyclic) bond motifs is 1. The van der Waals surface area contributed by atoms with Crippen LogP contribution >= 0.6 is 15.9 Å². The topological polar surface area (TPSA) is 80.6 Å². The maximum atomic E-state index is 13.2. The van der Waals surface area contributed by atoms with Crippen molar-refractivity contribution in [2.24, 2.45) is 0 Å². The van der Waals surface area contributed by atoms with E-state index in [1.165, 1.54) is 6.08 Å². The van der Waals surface area contributed by atoms with Crippen LogP contribution < -0.4 is 15.0 Å². The number of para-hydroxylation sites is 2. The predicted octanol–water partition coefficient (Wildman–Crippen LogP) is 5.15. The summed E-state index contributed by atoms with van der Waals surface area (Å²) in [6, 6.07) is 23.2. The van der Waals surface area contributed by atoms with E-state index in [9.17, 15) is 14.4 Å². The van der Waals surface area contributed by atoms with Gasteiger partial charge in [-0.2, -0.15) is 0 Å². The summed E-state index contributed by atoms with van der Waals surface area (Å²) < 4.78 is 8.66. The van der Waals surface area contributed by atoms with Gasteiger partial charge in [0.2, 0.25) is 0 Å². The standard InChI is InChI=1S/C27H20BrN3O4/c28-19-10-12-20(13-11-19)31-26(33)23(25(32)29-27(31)34)16-18-17-30(24-9-5-4-8-22(18)24)14-15-35-21-6-2-1-3-7-21/h1-13,16-17H,14-15H2,(H,29,32,34). The van der Waals surface area contributed by atoms with Crippen LogP contribution in [0.2, 0.25) is 0 Å². The number of amides is 4. The first kappa shape index (κ1) is 22.6. The number of urea groups is 1. The minimum Gasteiger partial charge on any atom is -0.492 e. The second kappa shape index (κ2) is 9.60. The number of barbiturate groups is 1. The first-order chi connectivity index (χ1) is 17.0. The molecule has 1 N–H and O–H groups in total. The molecule has 0 aliphatic carbocycles. The Bertz CT molecular complexity index is 1460. The Balaban J connectivity index is 1.46. The van der Waals surface area contributed by atoms with E-state index in [0.29, 0.717) is 24.4 Å². The van der Waals surface area contributed by atoms with Gasteiger partial charge in [0.05, 0.1) is 12.2 Å². The van der Waals surface area contributed by atoms with Gasteiger partial charge in [-0.25, -0.2) is 9.69 Å². The van der Waals surface area contributed by atoms with Crippen LogP contribution in [0.4, 0.5) is 10.5 Å². The maximum Gasteiger partial charge on any atom is 0.335 e. The predicted molar refractivity (Wildman–Crippen MR) is 137 cm³/mol. The Labute approximate surface area is 209 Å². The van der Waals surface area contributed by atoms with E-state index in [0.717, 1.165) is 26.0 Å². The van der Waals surface area contributed by atoms with Crippen LogP contribution in [-0.4, -0.2) is 29.0 Å². The van der Waals surface area contributed by atoms with Crippen LogP contribution in [0.15, 0.2) is 95.1 Å². The molecule has 8 heteroatoms. The molecule has 2 heterocycles. The number of hydrogen-bond acceptors (Lipinski definition) is 4. The SMILES string of the molecule is O=C1NC(=O)N(c2ccc(Br)cc2)C(=O)C1=Cc1cn(CCOc2ccccc2)c2ccccc12. The average molecular weight is 530 g/mol. The fraction of sp³-hybridized carbons (Fsp3) is 0.0741. The Morgan fingerprint density at radius 2 is 1.60 bits per heavy atom. The lowest BCUT2D eigenvalue weighted by Gasteiger charge is -2.26. The highest BCUT2D eigenvalue weighted by atomic mass is 79.9. The first-order valence-corrected chi connectivity index (χ1v) is 11.7. The summed E-state index contributed by atoms with van der Waals surface area (Å²) in [6.07, 6.45) is 3.42. The van der Waals surface area contributed by atoms with Crippen molar-refractivity contribution in [3.63, 3.8) is 0 Å². The molecule has 0 spiro atoms. The molecule has 1 fully saturated rings. The second-order valence-electron chi connectivity index (χ2n) is 7.89. The van der Waals surface area contributed by atoms with E-state index in [1.807, 2.05) is 65.4 Å². The van der Waals surface area contributed by atoms with Gasteiger partial charge in [-0.1, -0.05) is 52.3 Å². The van der Waals surface area contributed by atoms with Crippen molar-refractivity contribution >= 4 is 56.4 Å². The van der Waals surface area contributed by atoms with Crippen molar-refractivity contribution in [2.75, 3.05) is 11.5 Å². The minimum absolute atomic E-state index is 0.115. The van der Waals surface area contributed by atoms with Crippen molar-refractivity contribution in [3.05, 3.63) is 101 Å². The van der Waals surface area contributed by atoms with E-state index in [1.54, 1.807) is 24.3 Å². The highest BCUT2D eigenvalue weighted by Gasteiger charge is 2.37. The Morgan fingerprint density at radius 3 is 2.37 bits per heavy atom. The highest BCUT2D eigenvalue weighted by molar-refractivity contribution is 9.10. The van der Waals surface area contributed by atoms with Gasteiger partial charge in [-0.3, -0.25) is 14.9 Å². The zero-order valence-corrected chi connectivity index (χ0v) is 20.1. The van der Waals surface area contributed by atoms with E-state index in [4.69, 9.17) is 4.74 Å². The lowest BCUT2D eigenvalue weighted by Crippen LogP contribution is -2.54. The molecule has 7 nitrogen and oxygen atoms in total. The molecule has 0 atom stereocenters. The van der Waals surface area contributed by atoms with Gasteiger partial charge in [-0.05, 0) is 48.5 Å². The molecule has 35 heavy (non-hydrogen) atoms. The number of carbonyl (C=O) groups is 3. The molecule has 1 aliphatic rings. The summed E-state index contributed by atoms with van der Waals surface area (Å²) in [5, 5.41) is 3.15. The largest absolute Gasteiger partial charge is 0.492 e. The van der Waals surface area contributed by atoms with Crippen molar-refractivity contribution < 1.29 is 19.1 Å². The molecule has 0 bridgehead atoms. The zero-order valence-electron chi connectivity index (χ0n) is 18.5. The van der Waals surface area contributed by atoms with E-state index < -0.39 is 17.8 Å². The quantitative estimate of drug-likeness (QED) is 0.276. The van der Waals surface area contributed by atoms with Crippen molar-refractivity contribution in [1.82, 2.24) is 9.88 Å².